The summed E-state index contributed by atoms with van der Waals surface area (Å²) in [4.78, 5) is 12.6. The number of hydrogen-bond donors (Lipinski definition) is 0. The van der Waals surface area contributed by atoms with Crippen LogP contribution in [0.2, 0.25) is 0 Å². The molecule has 1 fully saturated rings. The number of carbonyl (C=O) groups excluding carboxylic acids is 1. The molecular formula is C18H21F2N3O3S. The highest BCUT2D eigenvalue weighted by Gasteiger charge is 2.34. The highest BCUT2D eigenvalue weighted by molar-refractivity contribution is 7.89. The van der Waals surface area contributed by atoms with E-state index in [9.17, 15) is 22.0 Å². The van der Waals surface area contributed by atoms with E-state index in [1.54, 1.807) is 0 Å². The van der Waals surface area contributed by atoms with Crippen LogP contribution in [-0.2, 0) is 10.0 Å². The Labute approximate surface area is 156 Å². The summed E-state index contributed by atoms with van der Waals surface area (Å²) in [6.07, 6.45) is 1.51. The first-order valence-electron chi connectivity index (χ1n) is 8.69. The number of sulfonamides is 1. The average molecular weight is 397 g/mol. The maximum Gasteiger partial charge on any atom is 0.284 e. The van der Waals surface area contributed by atoms with Crippen molar-refractivity contribution in [2.45, 2.75) is 38.5 Å². The topological polar surface area (TPSA) is 72.3 Å². The first kappa shape index (κ1) is 19.6. The molecule has 0 bridgehead atoms. The van der Waals surface area contributed by atoms with Crippen molar-refractivity contribution in [2.24, 2.45) is 5.92 Å². The average Bonchev–Trinajstić information content (AvgIpc) is 2.90. The minimum Gasteiger partial charge on any atom is -0.266 e. The van der Waals surface area contributed by atoms with Crippen LogP contribution in [0, 0.1) is 31.4 Å². The van der Waals surface area contributed by atoms with E-state index in [1.165, 1.54) is 18.2 Å². The molecule has 1 aliphatic rings. The second kappa shape index (κ2) is 7.12. The highest BCUT2D eigenvalue weighted by atomic mass is 32.2. The minimum atomic E-state index is -3.85. The molecule has 1 aromatic heterocycles. The van der Waals surface area contributed by atoms with Crippen molar-refractivity contribution in [3.63, 3.8) is 0 Å². The number of halogens is 2. The van der Waals surface area contributed by atoms with Gasteiger partial charge in [-0.2, -0.15) is 14.1 Å². The maximum atomic E-state index is 14.0. The fourth-order valence-corrected chi connectivity index (χ4v) is 5.19. The number of piperidine rings is 1. The summed E-state index contributed by atoms with van der Waals surface area (Å²) in [6, 6.07) is 3.08. The van der Waals surface area contributed by atoms with Gasteiger partial charge in [-0.05, 0) is 44.7 Å². The van der Waals surface area contributed by atoms with Crippen molar-refractivity contribution < 1.29 is 22.0 Å². The minimum absolute atomic E-state index is 0.0405. The van der Waals surface area contributed by atoms with Gasteiger partial charge in [0.25, 0.3) is 5.91 Å². The number of benzene rings is 1. The van der Waals surface area contributed by atoms with Crippen LogP contribution in [0.3, 0.4) is 0 Å². The lowest BCUT2D eigenvalue weighted by Gasteiger charge is -2.29. The lowest BCUT2D eigenvalue weighted by Crippen LogP contribution is -2.38. The van der Waals surface area contributed by atoms with E-state index in [0.29, 0.717) is 19.0 Å². The lowest BCUT2D eigenvalue weighted by atomic mass is 10.0. The molecule has 0 saturated carbocycles. The molecule has 0 atom stereocenters. The Balaban J connectivity index is 2.04. The Hall–Kier alpha value is -2.13. The molecule has 2 heterocycles. The molecule has 0 unspecified atom stereocenters. The standard InChI is InChI=1S/C18H21F2N3O3S/c1-11-7-9-22(10-8-11)27(25,26)17-12(2)21-23(13(17)3)18(24)16-14(19)5-4-6-15(16)20/h4-6,11H,7-10H2,1-3H3. The fraction of sp³-hybridized carbons (Fsp3) is 0.444. The SMILES string of the molecule is Cc1nn(C(=O)c2c(F)cccc2F)c(C)c1S(=O)(=O)N1CCC(C)CC1. The summed E-state index contributed by atoms with van der Waals surface area (Å²) in [5, 5.41) is 3.97. The van der Waals surface area contributed by atoms with Crippen molar-refractivity contribution in [1.29, 1.82) is 0 Å². The Morgan fingerprint density at radius 2 is 1.70 bits per heavy atom. The molecule has 146 valence electrons. The summed E-state index contributed by atoms with van der Waals surface area (Å²) in [6.45, 7) is 5.73. The molecule has 0 N–H and O–H groups in total. The van der Waals surface area contributed by atoms with Crippen LogP contribution in [0.15, 0.2) is 23.1 Å². The molecule has 3 rings (SSSR count). The summed E-state index contributed by atoms with van der Waals surface area (Å²) < 4.78 is 56.2. The zero-order valence-corrected chi connectivity index (χ0v) is 16.2. The number of aromatic nitrogens is 2. The largest absolute Gasteiger partial charge is 0.284 e. The molecule has 2 aromatic rings. The number of rotatable bonds is 3. The van der Waals surface area contributed by atoms with Gasteiger partial charge in [0, 0.05) is 13.1 Å². The van der Waals surface area contributed by atoms with Crippen LogP contribution in [0.1, 0.15) is 41.5 Å². The number of aryl methyl sites for hydroxylation is 1. The Bertz CT molecular complexity index is 973. The van der Waals surface area contributed by atoms with E-state index in [0.717, 1.165) is 35.7 Å². The van der Waals surface area contributed by atoms with Gasteiger partial charge >= 0.3 is 0 Å². The van der Waals surface area contributed by atoms with Crippen molar-refractivity contribution in [3.8, 4) is 0 Å². The third-order valence-corrected chi connectivity index (χ3v) is 7.09. The molecule has 1 aliphatic heterocycles. The second-order valence-electron chi connectivity index (χ2n) is 6.90. The molecule has 9 heteroatoms. The van der Waals surface area contributed by atoms with E-state index in [-0.39, 0.29) is 16.3 Å². The van der Waals surface area contributed by atoms with Crippen LogP contribution in [0.4, 0.5) is 8.78 Å². The summed E-state index contributed by atoms with van der Waals surface area (Å²) >= 11 is 0. The predicted molar refractivity (Wildman–Crippen MR) is 94.9 cm³/mol. The van der Waals surface area contributed by atoms with Crippen LogP contribution in [-0.4, -0.2) is 41.5 Å². The first-order valence-corrected chi connectivity index (χ1v) is 10.1. The van der Waals surface area contributed by atoms with Crippen LogP contribution < -0.4 is 0 Å². The normalized spacial score (nSPS) is 16.6. The van der Waals surface area contributed by atoms with Crippen LogP contribution >= 0.6 is 0 Å². The van der Waals surface area contributed by atoms with E-state index in [2.05, 4.69) is 12.0 Å². The molecule has 6 nitrogen and oxygen atoms in total. The van der Waals surface area contributed by atoms with Crippen molar-refractivity contribution in [3.05, 3.63) is 46.8 Å². The summed E-state index contributed by atoms with van der Waals surface area (Å²) in [5.41, 5.74) is -0.603. The van der Waals surface area contributed by atoms with Gasteiger partial charge in [0.15, 0.2) is 0 Å². The van der Waals surface area contributed by atoms with Gasteiger partial charge in [-0.3, -0.25) is 4.79 Å². The molecular weight excluding hydrogens is 376 g/mol. The fourth-order valence-electron chi connectivity index (χ4n) is 3.36. The lowest BCUT2D eigenvalue weighted by molar-refractivity contribution is 0.0933. The van der Waals surface area contributed by atoms with Gasteiger partial charge < -0.3 is 0 Å². The van der Waals surface area contributed by atoms with Gasteiger partial charge in [-0.15, -0.1) is 0 Å². The van der Waals surface area contributed by atoms with Crippen molar-refractivity contribution in [2.75, 3.05) is 13.1 Å². The van der Waals surface area contributed by atoms with E-state index < -0.39 is 33.1 Å². The zero-order valence-electron chi connectivity index (χ0n) is 15.4. The van der Waals surface area contributed by atoms with Crippen molar-refractivity contribution in [1.82, 2.24) is 14.1 Å². The Kier molecular flexibility index (Phi) is 5.18. The Morgan fingerprint density at radius 1 is 1.15 bits per heavy atom. The smallest absolute Gasteiger partial charge is 0.266 e. The van der Waals surface area contributed by atoms with Gasteiger partial charge in [0.2, 0.25) is 10.0 Å². The first-order chi connectivity index (χ1) is 12.6. The quantitative estimate of drug-likeness (QED) is 0.798. The van der Waals surface area contributed by atoms with Gasteiger partial charge in [0.1, 0.15) is 22.1 Å². The molecule has 0 radical (unpaired) electrons. The predicted octanol–water partition coefficient (Wildman–Crippen LogP) is 2.89. The van der Waals surface area contributed by atoms with Crippen LogP contribution in [0.5, 0.6) is 0 Å². The molecule has 0 spiro atoms. The summed E-state index contributed by atoms with van der Waals surface area (Å²) in [7, 11) is -3.85. The van der Waals surface area contributed by atoms with Gasteiger partial charge in [0.05, 0.1) is 11.4 Å². The Morgan fingerprint density at radius 3 is 2.26 bits per heavy atom. The molecule has 27 heavy (non-hydrogen) atoms. The monoisotopic (exact) mass is 397 g/mol. The van der Waals surface area contributed by atoms with E-state index >= 15 is 0 Å². The summed E-state index contributed by atoms with van der Waals surface area (Å²) in [5.74, 6) is -2.64. The third-order valence-electron chi connectivity index (χ3n) is 4.93. The molecule has 1 aromatic carbocycles. The third kappa shape index (κ3) is 3.41. The maximum absolute atomic E-state index is 14.0. The van der Waals surface area contributed by atoms with E-state index in [4.69, 9.17) is 0 Å². The molecule has 1 saturated heterocycles. The van der Waals surface area contributed by atoms with Gasteiger partial charge in [-0.25, -0.2) is 17.2 Å². The number of hydrogen-bond acceptors (Lipinski definition) is 4. The number of nitrogens with zero attached hydrogens (tertiary/aromatic N) is 3. The van der Waals surface area contributed by atoms with Crippen LogP contribution in [0.25, 0.3) is 0 Å². The van der Waals surface area contributed by atoms with Crippen molar-refractivity contribution >= 4 is 15.9 Å². The molecule has 0 aliphatic carbocycles. The second-order valence-corrected chi connectivity index (χ2v) is 8.77. The highest BCUT2D eigenvalue weighted by Crippen LogP contribution is 2.28. The number of carbonyl (C=O) groups is 1. The zero-order chi connectivity index (χ0) is 19.9. The van der Waals surface area contributed by atoms with E-state index in [1.807, 2.05) is 0 Å². The van der Waals surface area contributed by atoms with Gasteiger partial charge in [-0.1, -0.05) is 13.0 Å². The molecule has 0 amide bonds.